The molecule has 2 N–H and O–H groups in total. The number of carbonyl (C=O) groups excluding carboxylic acids is 3. The van der Waals surface area contributed by atoms with E-state index < -0.39 is 24.4 Å². The van der Waals surface area contributed by atoms with E-state index in [9.17, 15) is 14.4 Å². The maximum Gasteiger partial charge on any atom is 0.338 e. The molecule has 2 aromatic carbocycles. The van der Waals surface area contributed by atoms with Gasteiger partial charge in [-0.1, -0.05) is 15.9 Å². The molecule has 0 unspecified atom stereocenters. The molecule has 0 bridgehead atoms. The van der Waals surface area contributed by atoms with Crippen molar-refractivity contribution in [1.82, 2.24) is 15.4 Å². The summed E-state index contributed by atoms with van der Waals surface area (Å²) < 4.78 is 7.91. The lowest BCUT2D eigenvalue weighted by Crippen LogP contribution is -2.43. The van der Waals surface area contributed by atoms with E-state index in [1.807, 2.05) is 38.1 Å². The molecule has 1 heterocycles. The number of hydrogen-bond acceptors (Lipinski definition) is 4. The molecular formula is C22H20BrN3O4. The number of benzene rings is 2. The van der Waals surface area contributed by atoms with Crippen LogP contribution in [0.25, 0.3) is 5.69 Å². The quantitative estimate of drug-likeness (QED) is 0.442. The van der Waals surface area contributed by atoms with E-state index in [0.29, 0.717) is 11.1 Å². The number of nitrogens with zero attached hydrogens (tertiary/aromatic N) is 1. The Hall–Kier alpha value is -3.39. The van der Waals surface area contributed by atoms with Crippen LogP contribution < -0.4 is 10.9 Å². The third kappa shape index (κ3) is 5.15. The SMILES string of the molecule is Cc1ccc(C)n1-c1ccc(C(=O)OCC(=O)NNC(=O)c2ccc(Br)cc2)cc1. The van der Waals surface area contributed by atoms with Gasteiger partial charge in [-0.2, -0.15) is 0 Å². The molecule has 8 heteroatoms. The van der Waals surface area contributed by atoms with Gasteiger partial charge in [0.05, 0.1) is 5.56 Å². The van der Waals surface area contributed by atoms with Crippen molar-refractivity contribution in [3.05, 3.63) is 87.7 Å². The summed E-state index contributed by atoms with van der Waals surface area (Å²) in [6.07, 6.45) is 0. The van der Waals surface area contributed by atoms with Crippen LogP contribution >= 0.6 is 15.9 Å². The first kappa shape index (κ1) is 21.3. The monoisotopic (exact) mass is 469 g/mol. The number of carbonyl (C=O) groups is 3. The summed E-state index contributed by atoms with van der Waals surface area (Å²) in [6, 6.07) is 17.6. The zero-order valence-electron chi connectivity index (χ0n) is 16.4. The standard InChI is InChI=1S/C22H20BrN3O4/c1-14-3-4-15(2)26(14)19-11-7-17(8-12-19)22(29)30-13-20(27)24-25-21(28)16-5-9-18(23)10-6-16/h3-12H,13H2,1-2H3,(H,24,27)(H,25,28). The summed E-state index contributed by atoms with van der Waals surface area (Å²) in [5.41, 5.74) is 8.29. The van der Waals surface area contributed by atoms with E-state index >= 15 is 0 Å². The van der Waals surface area contributed by atoms with Crippen LogP contribution in [0, 0.1) is 13.8 Å². The Labute approximate surface area is 182 Å². The molecule has 2 amide bonds. The summed E-state index contributed by atoms with van der Waals surface area (Å²) in [7, 11) is 0. The predicted octanol–water partition coefficient (Wildman–Crippen LogP) is 3.47. The third-order valence-electron chi connectivity index (χ3n) is 4.39. The highest BCUT2D eigenvalue weighted by Crippen LogP contribution is 2.17. The average molecular weight is 470 g/mol. The summed E-state index contributed by atoms with van der Waals surface area (Å²) in [5, 5.41) is 0. The van der Waals surface area contributed by atoms with Crippen LogP contribution in [0.2, 0.25) is 0 Å². The molecule has 0 saturated heterocycles. The summed E-state index contributed by atoms with van der Waals surface area (Å²) in [5.74, 6) is -1.76. The van der Waals surface area contributed by atoms with Gasteiger partial charge in [0.1, 0.15) is 0 Å². The Morgan fingerprint density at radius 2 is 1.40 bits per heavy atom. The van der Waals surface area contributed by atoms with Crippen molar-refractivity contribution in [2.45, 2.75) is 13.8 Å². The normalized spacial score (nSPS) is 10.4. The van der Waals surface area contributed by atoms with Gasteiger partial charge in [-0.15, -0.1) is 0 Å². The maximum atomic E-state index is 12.2. The summed E-state index contributed by atoms with van der Waals surface area (Å²) in [4.78, 5) is 36.0. The fraction of sp³-hybridized carbons (Fsp3) is 0.136. The van der Waals surface area contributed by atoms with E-state index in [1.54, 1.807) is 36.4 Å². The van der Waals surface area contributed by atoms with E-state index in [0.717, 1.165) is 21.5 Å². The van der Waals surface area contributed by atoms with Crippen LogP contribution in [0.4, 0.5) is 0 Å². The molecule has 30 heavy (non-hydrogen) atoms. The van der Waals surface area contributed by atoms with Gasteiger partial charge in [0.2, 0.25) is 0 Å². The second kappa shape index (κ2) is 9.41. The third-order valence-corrected chi connectivity index (χ3v) is 4.92. The summed E-state index contributed by atoms with van der Waals surface area (Å²) in [6.45, 7) is 3.49. The lowest BCUT2D eigenvalue weighted by atomic mass is 10.2. The maximum absolute atomic E-state index is 12.2. The van der Waals surface area contributed by atoms with Crippen molar-refractivity contribution < 1.29 is 19.1 Å². The second-order valence-corrected chi connectivity index (χ2v) is 7.50. The predicted molar refractivity (Wildman–Crippen MR) is 115 cm³/mol. The van der Waals surface area contributed by atoms with Gasteiger partial charge in [-0.3, -0.25) is 20.4 Å². The Balaban J connectivity index is 1.49. The molecule has 0 saturated carbocycles. The minimum Gasteiger partial charge on any atom is -0.452 e. The first-order valence-corrected chi connectivity index (χ1v) is 9.91. The van der Waals surface area contributed by atoms with Crippen LogP contribution in [-0.4, -0.2) is 29.0 Å². The lowest BCUT2D eigenvalue weighted by Gasteiger charge is -2.11. The van der Waals surface area contributed by atoms with E-state index in [4.69, 9.17) is 4.74 Å². The Bertz CT molecular complexity index is 1050. The van der Waals surface area contributed by atoms with Crippen LogP contribution in [-0.2, 0) is 9.53 Å². The highest BCUT2D eigenvalue weighted by atomic mass is 79.9. The molecule has 0 fully saturated rings. The van der Waals surface area contributed by atoms with Gasteiger partial charge in [0, 0.05) is 27.1 Å². The van der Waals surface area contributed by atoms with Crippen molar-refractivity contribution in [2.75, 3.05) is 6.61 Å². The van der Waals surface area contributed by atoms with Crippen molar-refractivity contribution in [2.24, 2.45) is 0 Å². The molecule has 1 aromatic heterocycles. The number of hydrazine groups is 1. The Kier molecular flexibility index (Phi) is 6.68. The molecule has 0 aliphatic heterocycles. The number of rotatable bonds is 5. The fourth-order valence-electron chi connectivity index (χ4n) is 2.87. The van der Waals surface area contributed by atoms with Gasteiger partial charge in [0.15, 0.2) is 6.61 Å². The van der Waals surface area contributed by atoms with Crippen LogP contribution in [0.3, 0.4) is 0 Å². The second-order valence-electron chi connectivity index (χ2n) is 6.58. The molecule has 3 aromatic rings. The molecule has 7 nitrogen and oxygen atoms in total. The average Bonchev–Trinajstić information content (AvgIpc) is 3.08. The number of nitrogens with one attached hydrogen (secondary N) is 2. The number of aryl methyl sites for hydroxylation is 2. The first-order chi connectivity index (χ1) is 14.3. The highest BCUT2D eigenvalue weighted by Gasteiger charge is 2.12. The number of esters is 1. The molecule has 0 spiro atoms. The zero-order chi connectivity index (χ0) is 21.7. The number of halogens is 1. The number of aromatic nitrogens is 1. The topological polar surface area (TPSA) is 89.4 Å². The Morgan fingerprint density at radius 3 is 2.00 bits per heavy atom. The number of hydrogen-bond donors (Lipinski definition) is 2. The zero-order valence-corrected chi connectivity index (χ0v) is 18.0. The number of ether oxygens (including phenoxy) is 1. The molecule has 0 radical (unpaired) electrons. The van der Waals surface area contributed by atoms with E-state index in [2.05, 4.69) is 31.3 Å². The van der Waals surface area contributed by atoms with Gasteiger partial charge < -0.3 is 9.30 Å². The highest BCUT2D eigenvalue weighted by molar-refractivity contribution is 9.10. The number of amides is 2. The van der Waals surface area contributed by atoms with E-state index in [-0.39, 0.29) is 0 Å². The van der Waals surface area contributed by atoms with Crippen molar-refractivity contribution >= 4 is 33.7 Å². The fourth-order valence-corrected chi connectivity index (χ4v) is 3.14. The van der Waals surface area contributed by atoms with Gasteiger partial charge >= 0.3 is 5.97 Å². The van der Waals surface area contributed by atoms with Crippen LogP contribution in [0.15, 0.2) is 65.1 Å². The smallest absolute Gasteiger partial charge is 0.338 e. The van der Waals surface area contributed by atoms with Gasteiger partial charge in [-0.25, -0.2) is 4.79 Å². The van der Waals surface area contributed by atoms with Gasteiger partial charge in [-0.05, 0) is 74.5 Å². The first-order valence-electron chi connectivity index (χ1n) is 9.12. The summed E-state index contributed by atoms with van der Waals surface area (Å²) >= 11 is 3.28. The molecule has 154 valence electrons. The largest absolute Gasteiger partial charge is 0.452 e. The van der Waals surface area contributed by atoms with Crippen LogP contribution in [0.5, 0.6) is 0 Å². The van der Waals surface area contributed by atoms with Crippen molar-refractivity contribution in [1.29, 1.82) is 0 Å². The van der Waals surface area contributed by atoms with Crippen molar-refractivity contribution in [3.8, 4) is 5.69 Å². The van der Waals surface area contributed by atoms with E-state index in [1.165, 1.54) is 0 Å². The molecule has 0 aliphatic carbocycles. The lowest BCUT2D eigenvalue weighted by molar-refractivity contribution is -0.125. The Morgan fingerprint density at radius 1 is 0.833 bits per heavy atom. The van der Waals surface area contributed by atoms with Gasteiger partial charge in [0.25, 0.3) is 11.8 Å². The minimum atomic E-state index is -0.649. The molecule has 3 rings (SSSR count). The van der Waals surface area contributed by atoms with Crippen LogP contribution in [0.1, 0.15) is 32.1 Å². The van der Waals surface area contributed by atoms with Crippen molar-refractivity contribution in [3.63, 3.8) is 0 Å². The molecule has 0 aliphatic rings. The molecular weight excluding hydrogens is 450 g/mol. The minimum absolute atomic E-state index is 0.327. The molecule has 0 atom stereocenters.